The number of hydrogen-bond donors (Lipinski definition) is 0. The molecular formula is C37H30N4. The summed E-state index contributed by atoms with van der Waals surface area (Å²) in [7, 11) is 2.06. The Morgan fingerprint density at radius 3 is 2.39 bits per heavy atom. The fourth-order valence-corrected chi connectivity index (χ4v) is 6.86. The first-order chi connectivity index (χ1) is 20.0. The molecular weight excluding hydrogens is 500 g/mol. The van der Waals surface area contributed by atoms with E-state index in [1.54, 1.807) is 0 Å². The molecule has 8 rings (SSSR count). The molecule has 0 aliphatic carbocycles. The molecule has 4 aromatic carbocycles. The zero-order chi connectivity index (χ0) is 27.9. The Balaban J connectivity index is 1.48. The van der Waals surface area contributed by atoms with E-state index in [9.17, 15) is 0 Å². The van der Waals surface area contributed by atoms with Gasteiger partial charge in [0.05, 0.1) is 35.1 Å². The number of nitrogens with zero attached hydrogens (tertiary/aromatic N) is 4. The van der Waals surface area contributed by atoms with Crippen molar-refractivity contribution in [3.05, 3.63) is 144 Å². The predicted octanol–water partition coefficient (Wildman–Crippen LogP) is 7.55. The van der Waals surface area contributed by atoms with Crippen LogP contribution in [-0.4, -0.2) is 14.1 Å². The third-order valence-electron chi connectivity index (χ3n) is 9.26. The summed E-state index contributed by atoms with van der Waals surface area (Å²) in [5, 5.41) is 2.57. The van der Waals surface area contributed by atoms with Crippen LogP contribution in [0.5, 0.6) is 0 Å². The Labute approximate surface area is 239 Å². The normalized spacial score (nSPS) is 15.9. The Hall–Kier alpha value is -4.96. The first-order valence-electron chi connectivity index (χ1n) is 14.1. The smallest absolute Gasteiger partial charge is 0.243 e. The Kier molecular flexibility index (Phi) is 4.96. The Bertz CT molecular complexity index is 2150. The van der Waals surface area contributed by atoms with Crippen LogP contribution in [0.25, 0.3) is 44.4 Å². The van der Waals surface area contributed by atoms with Crippen LogP contribution in [0, 0.1) is 20.2 Å². The molecule has 0 radical (unpaired) electrons. The van der Waals surface area contributed by atoms with E-state index in [-0.39, 0.29) is 0 Å². The summed E-state index contributed by atoms with van der Waals surface area (Å²) in [5.41, 5.74) is 12.8. The van der Waals surface area contributed by atoms with Crippen molar-refractivity contribution in [1.82, 2.24) is 14.1 Å². The van der Waals surface area contributed by atoms with Gasteiger partial charge in [-0.15, -0.1) is 0 Å². The van der Waals surface area contributed by atoms with E-state index < -0.39 is 5.41 Å². The third-order valence-corrected chi connectivity index (χ3v) is 9.26. The first kappa shape index (κ1) is 23.9. The molecule has 1 aliphatic heterocycles. The van der Waals surface area contributed by atoms with E-state index in [1.807, 2.05) is 12.3 Å². The molecule has 198 valence electrons. The molecule has 3 aromatic heterocycles. The average Bonchev–Trinajstić information content (AvgIpc) is 3.50. The summed E-state index contributed by atoms with van der Waals surface area (Å²) in [6, 6.07) is 37.5. The second kappa shape index (κ2) is 8.52. The highest BCUT2D eigenvalue weighted by atomic mass is 15.1. The number of hydrogen-bond acceptors (Lipinski definition) is 1. The van der Waals surface area contributed by atoms with Gasteiger partial charge in [-0.25, -0.2) is 0 Å². The summed E-state index contributed by atoms with van der Waals surface area (Å²) in [5.74, 6) is 0. The molecule has 0 bridgehead atoms. The molecule has 0 saturated carbocycles. The van der Waals surface area contributed by atoms with Crippen LogP contribution in [-0.2, 0) is 12.5 Å². The molecule has 4 heterocycles. The molecule has 1 unspecified atom stereocenters. The van der Waals surface area contributed by atoms with Gasteiger partial charge in [0.1, 0.15) is 0 Å². The van der Waals surface area contributed by atoms with Gasteiger partial charge in [-0.1, -0.05) is 72.8 Å². The van der Waals surface area contributed by atoms with Gasteiger partial charge >= 0.3 is 0 Å². The zero-order valence-electron chi connectivity index (χ0n) is 23.7. The summed E-state index contributed by atoms with van der Waals surface area (Å²) < 4.78 is 6.71. The highest BCUT2D eigenvalue weighted by Crippen LogP contribution is 2.51. The maximum Gasteiger partial charge on any atom is 0.243 e. The largest absolute Gasteiger partial charge is 0.323 e. The lowest BCUT2D eigenvalue weighted by Crippen LogP contribution is -2.31. The lowest BCUT2D eigenvalue weighted by atomic mass is 9.68. The van der Waals surface area contributed by atoms with Crippen molar-refractivity contribution in [3.8, 4) is 22.6 Å². The molecule has 1 atom stereocenters. The summed E-state index contributed by atoms with van der Waals surface area (Å²) in [6.45, 7) is 6.69. The second-order valence-electron chi connectivity index (χ2n) is 11.3. The van der Waals surface area contributed by atoms with Gasteiger partial charge in [0, 0.05) is 39.3 Å². The standard InChI is InChI=1S/C37H30N4/c1-24-25(2)40(23-39(24)4)28-12-9-11-27(22-28)37(3)31-15-10-14-30-29-13-5-6-17-34(29)41(36(30)31)35-19-18-26(21-32(35)37)33-16-7-8-20-38-33/h5-22H,1-4H3. The van der Waals surface area contributed by atoms with E-state index in [4.69, 9.17) is 4.98 Å². The molecule has 0 spiro atoms. The SMILES string of the molecule is Cc1c(C)[n+](C)[c-]n1-c1cccc(C2(C)c3cc(-c4ccccn4)ccc3-n3c4ccccc4c4cccc2c43)c1. The molecule has 7 aromatic rings. The maximum atomic E-state index is 4.70. The van der Waals surface area contributed by atoms with Crippen molar-refractivity contribution in [2.45, 2.75) is 26.2 Å². The minimum Gasteiger partial charge on any atom is -0.323 e. The number of aromatic nitrogens is 4. The van der Waals surface area contributed by atoms with E-state index >= 15 is 0 Å². The Morgan fingerprint density at radius 1 is 0.780 bits per heavy atom. The lowest BCUT2D eigenvalue weighted by molar-refractivity contribution is -0.681. The molecule has 4 heteroatoms. The number of rotatable bonds is 3. The Morgan fingerprint density at radius 2 is 1.59 bits per heavy atom. The average molecular weight is 531 g/mol. The van der Waals surface area contributed by atoms with E-state index in [0.29, 0.717) is 0 Å². The van der Waals surface area contributed by atoms with E-state index in [1.165, 1.54) is 55.6 Å². The molecule has 0 amide bonds. The van der Waals surface area contributed by atoms with Gasteiger partial charge in [-0.2, -0.15) is 0 Å². The number of para-hydroxylation sites is 2. The molecule has 0 N–H and O–H groups in total. The van der Waals surface area contributed by atoms with Crippen molar-refractivity contribution < 1.29 is 4.57 Å². The van der Waals surface area contributed by atoms with Crippen LogP contribution >= 0.6 is 0 Å². The minimum absolute atomic E-state index is 0.404. The predicted molar refractivity (Wildman–Crippen MR) is 165 cm³/mol. The molecule has 0 saturated heterocycles. The van der Waals surface area contributed by atoms with Crippen molar-refractivity contribution in [2.24, 2.45) is 7.05 Å². The highest BCUT2D eigenvalue weighted by Gasteiger charge is 2.40. The number of pyridine rings is 1. The number of fused-ring (bicyclic) bond motifs is 5. The topological polar surface area (TPSA) is 26.6 Å². The summed E-state index contributed by atoms with van der Waals surface area (Å²) in [4.78, 5) is 4.70. The third kappa shape index (κ3) is 3.22. The first-order valence-corrected chi connectivity index (χ1v) is 14.1. The lowest BCUT2D eigenvalue weighted by Gasteiger charge is -2.39. The molecule has 4 nitrogen and oxygen atoms in total. The maximum absolute atomic E-state index is 4.70. The van der Waals surface area contributed by atoms with Gasteiger partial charge in [0.25, 0.3) is 0 Å². The summed E-state index contributed by atoms with van der Waals surface area (Å²) >= 11 is 0. The van der Waals surface area contributed by atoms with Crippen LogP contribution in [0.3, 0.4) is 0 Å². The fraction of sp³-hybridized carbons (Fsp3) is 0.135. The highest BCUT2D eigenvalue weighted by molar-refractivity contribution is 6.11. The van der Waals surface area contributed by atoms with Crippen LogP contribution in [0.4, 0.5) is 0 Å². The van der Waals surface area contributed by atoms with Crippen LogP contribution in [0.15, 0.2) is 109 Å². The minimum atomic E-state index is -0.404. The quantitative estimate of drug-likeness (QED) is 0.171. The monoisotopic (exact) mass is 530 g/mol. The van der Waals surface area contributed by atoms with Gasteiger partial charge < -0.3 is 13.7 Å². The summed E-state index contributed by atoms with van der Waals surface area (Å²) in [6.07, 6.45) is 5.36. The van der Waals surface area contributed by atoms with E-state index in [0.717, 1.165) is 16.9 Å². The van der Waals surface area contributed by atoms with Gasteiger partial charge in [0.2, 0.25) is 6.33 Å². The van der Waals surface area contributed by atoms with Crippen LogP contribution in [0.2, 0.25) is 0 Å². The second-order valence-corrected chi connectivity index (χ2v) is 11.3. The molecule has 41 heavy (non-hydrogen) atoms. The number of imidazole rings is 1. The fourth-order valence-electron chi connectivity index (χ4n) is 6.86. The van der Waals surface area contributed by atoms with Crippen molar-refractivity contribution in [2.75, 3.05) is 0 Å². The number of benzene rings is 4. The molecule has 1 aliphatic rings. The van der Waals surface area contributed by atoms with Crippen molar-refractivity contribution >= 4 is 21.8 Å². The van der Waals surface area contributed by atoms with Gasteiger partial charge in [-0.05, 0) is 67.8 Å². The van der Waals surface area contributed by atoms with E-state index in [2.05, 4.69) is 145 Å². The van der Waals surface area contributed by atoms with Crippen molar-refractivity contribution in [1.29, 1.82) is 0 Å². The van der Waals surface area contributed by atoms with Crippen molar-refractivity contribution in [3.63, 3.8) is 0 Å². The molecule has 0 fully saturated rings. The van der Waals surface area contributed by atoms with Gasteiger partial charge in [-0.3, -0.25) is 4.98 Å². The van der Waals surface area contributed by atoms with Crippen LogP contribution < -0.4 is 4.57 Å². The van der Waals surface area contributed by atoms with Crippen LogP contribution in [0.1, 0.15) is 35.0 Å². The number of aryl methyl sites for hydroxylation is 1. The zero-order valence-corrected chi connectivity index (χ0v) is 23.7. The van der Waals surface area contributed by atoms with Gasteiger partial charge in [0.15, 0.2) is 0 Å².